The number of alkyl halides is 2. The minimum atomic E-state index is -4.39. The van der Waals surface area contributed by atoms with E-state index in [4.69, 9.17) is 33.0 Å². The molecule has 0 saturated heterocycles. The van der Waals surface area contributed by atoms with Gasteiger partial charge in [-0.25, -0.2) is 12.8 Å². The Labute approximate surface area is 238 Å². The summed E-state index contributed by atoms with van der Waals surface area (Å²) in [5.74, 6) is -1.95. The molecule has 0 amide bonds. The molecule has 40 heavy (non-hydrogen) atoms. The van der Waals surface area contributed by atoms with Crippen molar-refractivity contribution in [2.24, 2.45) is 0 Å². The van der Waals surface area contributed by atoms with Crippen molar-refractivity contribution in [3.8, 4) is 11.5 Å². The summed E-state index contributed by atoms with van der Waals surface area (Å²) in [4.78, 5) is 10.8. The van der Waals surface area contributed by atoms with Crippen LogP contribution in [0.3, 0.4) is 0 Å². The first-order valence-corrected chi connectivity index (χ1v) is 14.0. The van der Waals surface area contributed by atoms with Gasteiger partial charge in [0, 0.05) is 24.1 Å². The van der Waals surface area contributed by atoms with Gasteiger partial charge in [0.2, 0.25) is 0 Å². The summed E-state index contributed by atoms with van der Waals surface area (Å²) in [6.07, 6.45) is 0.378. The number of allylic oxidation sites excluding steroid dienone is 1. The molecule has 1 aliphatic heterocycles. The van der Waals surface area contributed by atoms with E-state index in [0.717, 1.165) is 10.4 Å². The molecular formula is C27H22Cl2F3NO6S. The molecule has 0 saturated carbocycles. The molecule has 1 unspecified atom stereocenters. The lowest BCUT2D eigenvalue weighted by Gasteiger charge is -2.36. The first-order valence-electron chi connectivity index (χ1n) is 11.8. The van der Waals surface area contributed by atoms with Crippen molar-refractivity contribution in [3.63, 3.8) is 0 Å². The molecule has 13 heteroatoms. The van der Waals surface area contributed by atoms with Crippen LogP contribution in [0.4, 0.5) is 18.9 Å². The number of carboxylic acid groups (broad SMARTS) is 1. The van der Waals surface area contributed by atoms with Gasteiger partial charge in [-0.05, 0) is 60.9 Å². The van der Waals surface area contributed by atoms with Crippen LogP contribution in [0, 0.1) is 5.82 Å². The third kappa shape index (κ3) is 6.48. The van der Waals surface area contributed by atoms with E-state index in [0.29, 0.717) is 11.1 Å². The number of nitrogens with zero attached hydrogens (tertiary/aromatic N) is 1. The molecule has 0 fully saturated rings. The van der Waals surface area contributed by atoms with Gasteiger partial charge in [-0.2, -0.15) is 8.78 Å². The Balaban J connectivity index is 1.82. The molecule has 0 radical (unpaired) electrons. The first-order chi connectivity index (χ1) is 18.9. The lowest BCUT2D eigenvalue weighted by molar-refractivity contribution is -0.137. The van der Waals surface area contributed by atoms with E-state index in [-0.39, 0.29) is 57.1 Å². The predicted molar refractivity (Wildman–Crippen MR) is 145 cm³/mol. The Bertz CT molecular complexity index is 1560. The van der Waals surface area contributed by atoms with Gasteiger partial charge in [0.15, 0.2) is 0 Å². The zero-order valence-corrected chi connectivity index (χ0v) is 23.1. The number of hydrogen-bond donors (Lipinski definition) is 1. The highest BCUT2D eigenvalue weighted by Gasteiger charge is 2.35. The van der Waals surface area contributed by atoms with Crippen LogP contribution in [0.5, 0.6) is 11.5 Å². The van der Waals surface area contributed by atoms with Crippen molar-refractivity contribution in [2.45, 2.75) is 37.4 Å². The number of halogens is 5. The van der Waals surface area contributed by atoms with Gasteiger partial charge < -0.3 is 14.6 Å². The average Bonchev–Trinajstić information content (AvgIpc) is 2.87. The topological polar surface area (TPSA) is 93.1 Å². The molecule has 0 bridgehead atoms. The Morgan fingerprint density at radius 3 is 2.58 bits per heavy atom. The largest absolute Gasteiger partial charge is 0.486 e. The van der Waals surface area contributed by atoms with E-state index < -0.39 is 34.5 Å². The number of carbonyl (C=O) groups is 1. The number of fused-ring (bicyclic) bond motifs is 1. The zero-order chi connectivity index (χ0) is 29.2. The van der Waals surface area contributed by atoms with Gasteiger partial charge in [0.05, 0.1) is 27.2 Å². The number of aliphatic carboxylic acids is 1. The second kappa shape index (κ2) is 12.0. The van der Waals surface area contributed by atoms with Crippen molar-refractivity contribution in [1.29, 1.82) is 0 Å². The summed E-state index contributed by atoms with van der Waals surface area (Å²) in [7, 11) is -4.39. The molecular weight excluding hydrogens is 594 g/mol. The summed E-state index contributed by atoms with van der Waals surface area (Å²) in [6.45, 7) is -1.82. The Kier molecular flexibility index (Phi) is 8.86. The van der Waals surface area contributed by atoms with Gasteiger partial charge in [-0.3, -0.25) is 9.10 Å². The van der Waals surface area contributed by atoms with E-state index in [1.54, 1.807) is 6.92 Å². The van der Waals surface area contributed by atoms with Crippen LogP contribution in [0.15, 0.2) is 59.5 Å². The number of hydrogen-bond acceptors (Lipinski definition) is 5. The normalized spacial score (nSPS) is 15.5. The van der Waals surface area contributed by atoms with Crippen LogP contribution in [-0.2, 0) is 14.8 Å². The average molecular weight is 616 g/mol. The van der Waals surface area contributed by atoms with E-state index in [2.05, 4.69) is 4.74 Å². The quantitative estimate of drug-likeness (QED) is 0.258. The van der Waals surface area contributed by atoms with Gasteiger partial charge in [0.25, 0.3) is 10.0 Å². The summed E-state index contributed by atoms with van der Waals surface area (Å²) < 4.78 is 78.9. The first kappa shape index (κ1) is 29.6. The molecule has 0 spiro atoms. The molecule has 212 valence electrons. The molecule has 4 rings (SSSR count). The Morgan fingerprint density at radius 2 is 1.90 bits per heavy atom. The summed E-state index contributed by atoms with van der Waals surface area (Å²) in [6, 6.07) is 11.7. The Morgan fingerprint density at radius 1 is 1.18 bits per heavy atom. The highest BCUT2D eigenvalue weighted by molar-refractivity contribution is 7.92. The van der Waals surface area contributed by atoms with Gasteiger partial charge in [-0.1, -0.05) is 35.3 Å². The summed E-state index contributed by atoms with van der Waals surface area (Å²) in [5.41, 5.74) is 0.935. The van der Waals surface area contributed by atoms with E-state index in [1.807, 2.05) is 0 Å². The maximum atomic E-state index is 14.5. The lowest BCUT2D eigenvalue weighted by atomic mass is 10.0. The standard InChI is InChI=1S/C27H22Cl2F3NO6S/c1-15(26-20(28)6-3-7-22(26)30)10-16-11-23-24(13-21(16)29)38-18(8-9-25(34)35)14-33(23)40(36,37)19-5-2-4-17(12-19)39-27(31)32/h2-7,10-13,18,27H,8-9,14H2,1H3,(H,34,35)/b15-10+. The number of carboxylic acids is 1. The summed E-state index contributed by atoms with van der Waals surface area (Å²) >= 11 is 12.7. The van der Waals surface area contributed by atoms with Gasteiger partial charge in [0.1, 0.15) is 23.4 Å². The van der Waals surface area contributed by atoms with Crippen molar-refractivity contribution in [1.82, 2.24) is 0 Å². The highest BCUT2D eigenvalue weighted by atomic mass is 35.5. The lowest BCUT2D eigenvalue weighted by Crippen LogP contribution is -2.43. The minimum absolute atomic E-state index is 0.0144. The van der Waals surface area contributed by atoms with Crippen LogP contribution >= 0.6 is 23.2 Å². The van der Waals surface area contributed by atoms with Crippen LogP contribution < -0.4 is 13.8 Å². The van der Waals surface area contributed by atoms with E-state index in [9.17, 15) is 26.4 Å². The second-order valence-electron chi connectivity index (χ2n) is 8.83. The highest BCUT2D eigenvalue weighted by Crippen LogP contribution is 2.42. The fourth-order valence-corrected chi connectivity index (χ4v) is 6.29. The predicted octanol–water partition coefficient (Wildman–Crippen LogP) is 7.12. The van der Waals surface area contributed by atoms with Crippen molar-refractivity contribution in [3.05, 3.63) is 81.6 Å². The molecule has 1 atom stereocenters. The van der Waals surface area contributed by atoms with Crippen LogP contribution in [0.2, 0.25) is 10.0 Å². The monoisotopic (exact) mass is 615 g/mol. The second-order valence-corrected chi connectivity index (χ2v) is 11.5. The maximum absolute atomic E-state index is 14.5. The van der Waals surface area contributed by atoms with E-state index in [1.165, 1.54) is 54.6 Å². The summed E-state index contributed by atoms with van der Waals surface area (Å²) in [5, 5.41) is 9.43. The van der Waals surface area contributed by atoms with Crippen LogP contribution in [0.25, 0.3) is 11.6 Å². The Hall–Kier alpha value is -3.41. The fourth-order valence-electron chi connectivity index (χ4n) is 4.24. The number of ether oxygens (including phenoxy) is 2. The number of sulfonamides is 1. The molecule has 1 aliphatic rings. The van der Waals surface area contributed by atoms with Crippen molar-refractivity contribution >= 4 is 56.5 Å². The van der Waals surface area contributed by atoms with E-state index >= 15 is 0 Å². The third-order valence-corrected chi connectivity index (χ3v) is 8.46. The van der Waals surface area contributed by atoms with Crippen LogP contribution in [0.1, 0.15) is 30.9 Å². The zero-order valence-electron chi connectivity index (χ0n) is 20.8. The maximum Gasteiger partial charge on any atom is 0.387 e. The minimum Gasteiger partial charge on any atom is -0.486 e. The van der Waals surface area contributed by atoms with Crippen LogP contribution in [-0.4, -0.2) is 38.8 Å². The number of anilines is 1. The molecule has 7 nitrogen and oxygen atoms in total. The van der Waals surface area contributed by atoms with Crippen molar-refractivity contribution in [2.75, 3.05) is 10.8 Å². The van der Waals surface area contributed by atoms with Gasteiger partial charge in [-0.15, -0.1) is 0 Å². The number of rotatable bonds is 9. The third-order valence-electron chi connectivity index (χ3n) is 6.04. The number of benzene rings is 3. The SMILES string of the molecule is C/C(=C\c1cc2c(cc1Cl)OC(CCC(=O)O)CN2S(=O)(=O)c1cccc(OC(F)F)c1)c1c(F)cccc1Cl. The van der Waals surface area contributed by atoms with Gasteiger partial charge >= 0.3 is 12.6 Å². The molecule has 3 aromatic carbocycles. The molecule has 1 N–H and O–H groups in total. The molecule has 1 heterocycles. The molecule has 0 aromatic heterocycles. The molecule has 3 aromatic rings. The molecule has 0 aliphatic carbocycles. The van der Waals surface area contributed by atoms with Crippen molar-refractivity contribution < 1.29 is 41.0 Å². The smallest absolute Gasteiger partial charge is 0.387 e. The fraction of sp³-hybridized carbons (Fsp3) is 0.222.